The Kier molecular flexibility index (Phi) is 3.87. The van der Waals surface area contributed by atoms with Crippen molar-refractivity contribution in [3.05, 3.63) is 51.8 Å². The van der Waals surface area contributed by atoms with Gasteiger partial charge in [-0.25, -0.2) is 4.79 Å². The number of rotatable bonds is 4. The van der Waals surface area contributed by atoms with Crippen LogP contribution in [0.15, 0.2) is 38.1 Å². The molecule has 0 aliphatic rings. The molecule has 120 valence electrons. The van der Waals surface area contributed by atoms with Crippen LogP contribution in [0.2, 0.25) is 0 Å². The molecular weight excluding hydrogens is 322 g/mol. The van der Waals surface area contributed by atoms with E-state index in [4.69, 9.17) is 8.71 Å². The Morgan fingerprint density at radius 3 is 2.61 bits per heavy atom. The van der Waals surface area contributed by atoms with E-state index in [-0.39, 0.29) is 11.6 Å². The second kappa shape index (κ2) is 5.84. The zero-order valence-corrected chi connectivity index (χ0v) is 13.4. The first-order chi connectivity index (χ1) is 11.0. The number of nitrogens with zero attached hydrogens (tertiary/aromatic N) is 3. The summed E-state index contributed by atoms with van der Waals surface area (Å²) in [6, 6.07) is 7.21. The first-order valence-corrected chi connectivity index (χ1v) is 7.70. The molecule has 0 amide bonds. The molecule has 0 aliphatic heterocycles. The lowest BCUT2D eigenvalue weighted by atomic mass is 10.1. The monoisotopic (exact) mass is 335 g/mol. The van der Waals surface area contributed by atoms with Crippen molar-refractivity contribution in [3.8, 4) is 17.1 Å². The minimum atomic E-state index is -2.18. The molecule has 2 aromatic heterocycles. The van der Waals surface area contributed by atoms with Crippen LogP contribution in [0.1, 0.15) is 17.0 Å². The second-order valence-corrected chi connectivity index (χ2v) is 5.86. The lowest BCUT2D eigenvalue weighted by Gasteiger charge is -2.05. The maximum Gasteiger partial charge on any atom is 0.456 e. The SMILES string of the molecule is Cc1cccc(-c2noc(=O)n2S(=O)Oc2c(C)noc2C)c1. The van der Waals surface area contributed by atoms with Crippen molar-refractivity contribution in [3.63, 3.8) is 0 Å². The summed E-state index contributed by atoms with van der Waals surface area (Å²) in [5.41, 5.74) is 1.98. The third-order valence-corrected chi connectivity index (χ3v) is 4.05. The van der Waals surface area contributed by atoms with E-state index in [1.54, 1.807) is 32.0 Å². The number of hydrogen-bond donors (Lipinski definition) is 0. The van der Waals surface area contributed by atoms with E-state index < -0.39 is 17.0 Å². The van der Waals surface area contributed by atoms with Gasteiger partial charge in [0.05, 0.1) is 0 Å². The van der Waals surface area contributed by atoms with Crippen LogP contribution in [0, 0.1) is 20.8 Å². The number of aryl methyl sites for hydroxylation is 3. The summed E-state index contributed by atoms with van der Waals surface area (Å²) < 4.78 is 28.2. The molecule has 0 aliphatic carbocycles. The lowest BCUT2D eigenvalue weighted by Crippen LogP contribution is -2.23. The summed E-state index contributed by atoms with van der Waals surface area (Å²) in [6.45, 7) is 5.15. The van der Waals surface area contributed by atoms with Crippen LogP contribution in [0.3, 0.4) is 0 Å². The predicted octanol–water partition coefficient (Wildman–Crippen LogP) is 1.92. The fraction of sp³-hybridized carbons (Fsp3) is 0.214. The predicted molar refractivity (Wildman–Crippen MR) is 81.1 cm³/mol. The highest BCUT2D eigenvalue weighted by atomic mass is 32.2. The van der Waals surface area contributed by atoms with Crippen LogP contribution in [0.5, 0.6) is 5.75 Å². The Morgan fingerprint density at radius 1 is 1.17 bits per heavy atom. The standard InChI is InChI=1S/C14H13N3O5S/c1-8-5-4-6-11(7-8)13-16-21-14(18)17(13)23(19)22-12-9(2)15-20-10(12)3/h4-7H,1-3H3. The lowest BCUT2D eigenvalue weighted by molar-refractivity contribution is 0.383. The summed E-state index contributed by atoms with van der Waals surface area (Å²) in [4.78, 5) is 11.9. The highest BCUT2D eigenvalue weighted by Gasteiger charge is 2.22. The Labute approximate surface area is 133 Å². The summed E-state index contributed by atoms with van der Waals surface area (Å²) in [5.74, 6) is -0.195. The van der Waals surface area contributed by atoms with Gasteiger partial charge in [-0.3, -0.25) is 4.52 Å². The first-order valence-electron chi connectivity index (χ1n) is 6.66. The zero-order chi connectivity index (χ0) is 16.6. The molecule has 0 N–H and O–H groups in total. The van der Waals surface area contributed by atoms with Crippen LogP contribution >= 0.6 is 0 Å². The molecule has 0 bridgehead atoms. The van der Waals surface area contributed by atoms with Gasteiger partial charge in [-0.15, -0.1) is 3.97 Å². The normalized spacial score (nSPS) is 12.3. The van der Waals surface area contributed by atoms with Gasteiger partial charge in [0, 0.05) is 12.5 Å². The number of aromatic nitrogens is 3. The minimum Gasteiger partial charge on any atom is -0.379 e. The van der Waals surface area contributed by atoms with Crippen LogP contribution in [0.4, 0.5) is 0 Å². The van der Waals surface area contributed by atoms with Gasteiger partial charge in [0.1, 0.15) is 5.69 Å². The fourth-order valence-corrected chi connectivity index (χ4v) is 2.92. The van der Waals surface area contributed by atoms with Crippen LogP contribution in [-0.4, -0.2) is 18.5 Å². The van der Waals surface area contributed by atoms with Gasteiger partial charge in [-0.2, -0.15) is 4.21 Å². The summed E-state index contributed by atoms with van der Waals surface area (Å²) in [7, 11) is 0. The fourth-order valence-electron chi connectivity index (χ4n) is 2.03. The molecule has 0 saturated heterocycles. The Bertz CT molecular complexity index is 921. The smallest absolute Gasteiger partial charge is 0.379 e. The van der Waals surface area contributed by atoms with Crippen molar-refractivity contribution >= 4 is 11.3 Å². The van der Waals surface area contributed by atoms with E-state index in [1.807, 2.05) is 13.0 Å². The maximum atomic E-state index is 12.5. The highest BCUT2D eigenvalue weighted by Crippen LogP contribution is 2.24. The van der Waals surface area contributed by atoms with Gasteiger partial charge < -0.3 is 8.71 Å². The summed E-state index contributed by atoms with van der Waals surface area (Å²) >= 11 is -2.18. The van der Waals surface area contributed by atoms with Gasteiger partial charge in [0.2, 0.25) is 11.6 Å². The molecule has 0 spiro atoms. The van der Waals surface area contributed by atoms with E-state index in [9.17, 15) is 9.00 Å². The molecule has 3 aromatic rings. The molecule has 0 saturated carbocycles. The first kappa shape index (κ1) is 15.2. The molecule has 3 rings (SSSR count). The molecule has 9 heteroatoms. The maximum absolute atomic E-state index is 12.5. The van der Waals surface area contributed by atoms with Crippen LogP contribution < -0.4 is 9.94 Å². The Morgan fingerprint density at radius 2 is 1.96 bits per heavy atom. The molecular formula is C14H13N3O5S. The molecule has 23 heavy (non-hydrogen) atoms. The zero-order valence-electron chi connectivity index (χ0n) is 12.6. The van der Waals surface area contributed by atoms with Gasteiger partial charge in [-0.1, -0.05) is 34.1 Å². The van der Waals surface area contributed by atoms with Crippen molar-refractivity contribution in [2.75, 3.05) is 0 Å². The summed E-state index contributed by atoms with van der Waals surface area (Å²) in [6.07, 6.45) is 0. The van der Waals surface area contributed by atoms with Crippen molar-refractivity contribution in [2.45, 2.75) is 20.8 Å². The second-order valence-electron chi connectivity index (χ2n) is 4.89. The van der Waals surface area contributed by atoms with E-state index in [0.717, 1.165) is 9.54 Å². The topological polar surface area (TPSA) is 100 Å². The van der Waals surface area contributed by atoms with E-state index in [1.165, 1.54) is 0 Å². The van der Waals surface area contributed by atoms with E-state index in [2.05, 4.69) is 14.8 Å². The average molecular weight is 335 g/mol. The summed E-state index contributed by atoms with van der Waals surface area (Å²) in [5, 5.41) is 7.39. The highest BCUT2D eigenvalue weighted by molar-refractivity contribution is 7.79. The van der Waals surface area contributed by atoms with Gasteiger partial charge >= 0.3 is 17.0 Å². The van der Waals surface area contributed by atoms with E-state index >= 15 is 0 Å². The number of hydrogen-bond acceptors (Lipinski definition) is 7. The Hall–Kier alpha value is -2.68. The van der Waals surface area contributed by atoms with Gasteiger partial charge in [-0.05, 0) is 19.9 Å². The third kappa shape index (κ3) is 2.82. The number of benzene rings is 1. The van der Waals surface area contributed by atoms with Crippen molar-refractivity contribution in [1.29, 1.82) is 0 Å². The van der Waals surface area contributed by atoms with E-state index in [0.29, 0.717) is 17.0 Å². The van der Waals surface area contributed by atoms with Crippen molar-refractivity contribution in [2.24, 2.45) is 0 Å². The molecule has 0 radical (unpaired) electrons. The molecule has 2 heterocycles. The van der Waals surface area contributed by atoms with Crippen molar-refractivity contribution in [1.82, 2.24) is 14.3 Å². The van der Waals surface area contributed by atoms with Crippen molar-refractivity contribution < 1.29 is 17.4 Å². The Balaban J connectivity index is 2.02. The quantitative estimate of drug-likeness (QED) is 0.718. The molecule has 0 fully saturated rings. The molecule has 1 aromatic carbocycles. The van der Waals surface area contributed by atoms with Crippen LogP contribution in [-0.2, 0) is 11.3 Å². The largest absolute Gasteiger partial charge is 0.456 e. The molecule has 8 nitrogen and oxygen atoms in total. The van der Waals surface area contributed by atoms with Crippen LogP contribution in [0.25, 0.3) is 11.4 Å². The minimum absolute atomic E-state index is 0.115. The average Bonchev–Trinajstić information content (AvgIpc) is 3.04. The van der Waals surface area contributed by atoms with Gasteiger partial charge in [0.25, 0.3) is 0 Å². The molecule has 1 atom stereocenters. The third-order valence-electron chi connectivity index (χ3n) is 3.12. The molecule has 1 unspecified atom stereocenters. The van der Waals surface area contributed by atoms with Gasteiger partial charge in [0.15, 0.2) is 5.76 Å².